The Morgan fingerprint density at radius 1 is 1.11 bits per heavy atom. The number of hydrogen-bond acceptors (Lipinski definition) is 1. The maximum Gasteiger partial charge on any atom is 0.391 e. The van der Waals surface area contributed by atoms with E-state index < -0.39 is 12.1 Å². The highest BCUT2D eigenvalue weighted by Crippen LogP contribution is 2.40. The number of carbonyl (C=O) groups is 1. The summed E-state index contributed by atoms with van der Waals surface area (Å²) in [6.45, 7) is 0. The minimum atomic E-state index is -4.14. The molecule has 1 aliphatic rings. The largest absolute Gasteiger partial charge is 0.391 e. The van der Waals surface area contributed by atoms with Gasteiger partial charge in [-0.05, 0) is 37.8 Å². The lowest BCUT2D eigenvalue weighted by Gasteiger charge is -2.29. The summed E-state index contributed by atoms with van der Waals surface area (Å²) in [5.41, 5.74) is 0.416. The number of carbonyl (C=O) groups excluding carboxylic acids is 1. The van der Waals surface area contributed by atoms with E-state index in [-0.39, 0.29) is 37.4 Å². The molecule has 1 nitrogen and oxygen atoms in total. The molecule has 0 bridgehead atoms. The predicted molar refractivity (Wildman–Crippen MR) is 67.3 cm³/mol. The van der Waals surface area contributed by atoms with Crippen LogP contribution < -0.4 is 0 Å². The molecule has 1 aromatic carbocycles. The highest BCUT2D eigenvalue weighted by molar-refractivity contribution is 6.34. The molecule has 19 heavy (non-hydrogen) atoms. The van der Waals surface area contributed by atoms with Crippen molar-refractivity contribution in [1.29, 1.82) is 0 Å². The Balaban J connectivity index is 2.03. The van der Waals surface area contributed by atoms with E-state index in [9.17, 15) is 18.0 Å². The standard InChI is InChI=1S/C14H14ClF3O/c15-12-4-2-1-3-11(12)13(19)9-5-7-10(8-6-9)14(16,17)18/h1-4,9-10H,5-8H2. The summed E-state index contributed by atoms with van der Waals surface area (Å²) in [4.78, 5) is 12.2. The van der Waals surface area contributed by atoms with Gasteiger partial charge in [-0.15, -0.1) is 0 Å². The molecule has 0 saturated heterocycles. The van der Waals surface area contributed by atoms with Gasteiger partial charge in [0, 0.05) is 11.5 Å². The quantitative estimate of drug-likeness (QED) is 0.709. The van der Waals surface area contributed by atoms with Crippen LogP contribution in [0.3, 0.4) is 0 Å². The third kappa shape index (κ3) is 3.30. The highest BCUT2D eigenvalue weighted by Gasteiger charge is 2.42. The van der Waals surface area contributed by atoms with E-state index in [0.717, 1.165) is 0 Å². The summed E-state index contributed by atoms with van der Waals surface area (Å²) in [5, 5.41) is 0.366. The van der Waals surface area contributed by atoms with Crippen molar-refractivity contribution in [3.63, 3.8) is 0 Å². The molecule has 1 fully saturated rings. The Morgan fingerprint density at radius 2 is 1.68 bits per heavy atom. The molecular formula is C14H14ClF3O. The second-order valence-electron chi connectivity index (χ2n) is 4.93. The molecule has 0 aromatic heterocycles. The number of ketones is 1. The Morgan fingerprint density at radius 3 is 2.21 bits per heavy atom. The lowest BCUT2D eigenvalue weighted by Crippen LogP contribution is -2.30. The Hall–Kier alpha value is -1.03. The van der Waals surface area contributed by atoms with Gasteiger partial charge in [-0.3, -0.25) is 4.79 Å². The first-order valence-electron chi connectivity index (χ1n) is 6.25. The minimum Gasteiger partial charge on any atom is -0.294 e. The van der Waals surface area contributed by atoms with Crippen LogP contribution in [0.15, 0.2) is 24.3 Å². The van der Waals surface area contributed by atoms with Crippen LogP contribution in [0.25, 0.3) is 0 Å². The van der Waals surface area contributed by atoms with E-state index in [0.29, 0.717) is 10.6 Å². The maximum absolute atomic E-state index is 12.6. The van der Waals surface area contributed by atoms with Gasteiger partial charge in [0.05, 0.1) is 10.9 Å². The number of Topliss-reactive ketones (excluding diaryl/α,β-unsaturated/α-hetero) is 1. The molecule has 2 rings (SSSR count). The highest BCUT2D eigenvalue weighted by atomic mass is 35.5. The summed E-state index contributed by atoms with van der Waals surface area (Å²) < 4.78 is 37.7. The zero-order valence-electron chi connectivity index (χ0n) is 10.2. The van der Waals surface area contributed by atoms with E-state index in [1.807, 2.05) is 0 Å². The van der Waals surface area contributed by atoms with Gasteiger partial charge in [0.25, 0.3) is 0 Å². The maximum atomic E-state index is 12.6. The van der Waals surface area contributed by atoms with Gasteiger partial charge >= 0.3 is 6.18 Å². The Kier molecular flexibility index (Phi) is 4.19. The van der Waals surface area contributed by atoms with Crippen molar-refractivity contribution >= 4 is 17.4 Å². The first-order chi connectivity index (χ1) is 8.89. The average molecular weight is 291 g/mol. The molecule has 0 N–H and O–H groups in total. The van der Waals surface area contributed by atoms with Crippen LogP contribution in [0.5, 0.6) is 0 Å². The lowest BCUT2D eigenvalue weighted by molar-refractivity contribution is -0.183. The van der Waals surface area contributed by atoms with Gasteiger partial charge in [-0.1, -0.05) is 23.7 Å². The second-order valence-corrected chi connectivity index (χ2v) is 5.34. The zero-order valence-corrected chi connectivity index (χ0v) is 11.0. The van der Waals surface area contributed by atoms with Crippen LogP contribution in [0.2, 0.25) is 5.02 Å². The van der Waals surface area contributed by atoms with Crippen LogP contribution in [-0.2, 0) is 0 Å². The van der Waals surface area contributed by atoms with Crippen molar-refractivity contribution in [3.05, 3.63) is 34.9 Å². The minimum absolute atomic E-state index is 0.0321. The third-order valence-electron chi connectivity index (χ3n) is 3.70. The first kappa shape index (κ1) is 14.4. The van der Waals surface area contributed by atoms with Crippen molar-refractivity contribution in [1.82, 2.24) is 0 Å². The molecule has 0 heterocycles. The summed E-state index contributed by atoms with van der Waals surface area (Å²) in [6, 6.07) is 6.68. The predicted octanol–water partition coefficient (Wildman–Crippen LogP) is 4.89. The van der Waals surface area contributed by atoms with Crippen LogP contribution >= 0.6 is 11.6 Å². The molecule has 0 unspecified atom stereocenters. The van der Waals surface area contributed by atoms with Gasteiger partial charge < -0.3 is 0 Å². The number of benzene rings is 1. The van der Waals surface area contributed by atoms with Crippen LogP contribution in [-0.4, -0.2) is 12.0 Å². The molecular weight excluding hydrogens is 277 g/mol. The molecule has 104 valence electrons. The molecule has 1 aromatic rings. The zero-order chi connectivity index (χ0) is 14.0. The fraction of sp³-hybridized carbons (Fsp3) is 0.500. The summed E-state index contributed by atoms with van der Waals surface area (Å²) in [6.07, 6.45) is -3.50. The fourth-order valence-corrected chi connectivity index (χ4v) is 2.79. The van der Waals surface area contributed by atoms with Crippen LogP contribution in [0, 0.1) is 11.8 Å². The number of hydrogen-bond donors (Lipinski definition) is 0. The van der Waals surface area contributed by atoms with E-state index in [2.05, 4.69) is 0 Å². The number of alkyl halides is 3. The molecule has 0 aliphatic heterocycles. The molecule has 1 aliphatic carbocycles. The fourth-order valence-electron chi connectivity index (χ4n) is 2.56. The molecule has 1 saturated carbocycles. The van der Waals surface area contributed by atoms with Crippen molar-refractivity contribution in [2.75, 3.05) is 0 Å². The summed E-state index contributed by atoms with van der Waals surface area (Å²) >= 11 is 5.94. The van der Waals surface area contributed by atoms with Gasteiger partial charge in [-0.25, -0.2) is 0 Å². The van der Waals surface area contributed by atoms with Gasteiger partial charge in [0.2, 0.25) is 0 Å². The summed E-state index contributed by atoms with van der Waals surface area (Å²) in [7, 11) is 0. The van der Waals surface area contributed by atoms with Gasteiger partial charge in [0.15, 0.2) is 5.78 Å². The second kappa shape index (κ2) is 5.53. The molecule has 0 radical (unpaired) electrons. The molecule has 0 atom stereocenters. The van der Waals surface area contributed by atoms with E-state index in [1.54, 1.807) is 24.3 Å². The average Bonchev–Trinajstić information content (AvgIpc) is 2.38. The van der Waals surface area contributed by atoms with Crippen molar-refractivity contribution in [2.24, 2.45) is 11.8 Å². The molecule has 0 amide bonds. The van der Waals surface area contributed by atoms with Gasteiger partial charge in [-0.2, -0.15) is 13.2 Å². The van der Waals surface area contributed by atoms with E-state index in [4.69, 9.17) is 11.6 Å². The number of halogens is 4. The first-order valence-corrected chi connectivity index (χ1v) is 6.63. The van der Waals surface area contributed by atoms with Crippen molar-refractivity contribution in [2.45, 2.75) is 31.9 Å². The van der Waals surface area contributed by atoms with Crippen molar-refractivity contribution in [3.8, 4) is 0 Å². The lowest BCUT2D eigenvalue weighted by atomic mass is 9.78. The SMILES string of the molecule is O=C(c1ccccc1Cl)C1CCC(C(F)(F)F)CC1. The normalized spacial score (nSPS) is 24.2. The van der Waals surface area contributed by atoms with Crippen LogP contribution in [0.4, 0.5) is 13.2 Å². The molecule has 0 spiro atoms. The monoisotopic (exact) mass is 290 g/mol. The molecule has 5 heteroatoms. The Labute approximate surface area is 114 Å². The third-order valence-corrected chi connectivity index (χ3v) is 4.03. The van der Waals surface area contributed by atoms with Crippen molar-refractivity contribution < 1.29 is 18.0 Å². The Bertz CT molecular complexity index is 462. The van der Waals surface area contributed by atoms with Crippen LogP contribution in [0.1, 0.15) is 36.0 Å². The smallest absolute Gasteiger partial charge is 0.294 e. The summed E-state index contributed by atoms with van der Waals surface area (Å²) in [5.74, 6) is -1.73. The number of rotatable bonds is 2. The van der Waals surface area contributed by atoms with E-state index in [1.165, 1.54) is 0 Å². The van der Waals surface area contributed by atoms with E-state index >= 15 is 0 Å². The van der Waals surface area contributed by atoms with Gasteiger partial charge in [0.1, 0.15) is 0 Å². The topological polar surface area (TPSA) is 17.1 Å².